The zero-order valence-corrected chi connectivity index (χ0v) is 35.7. The topological polar surface area (TPSA) is 130 Å². The molecule has 0 spiro atoms. The van der Waals surface area contributed by atoms with Gasteiger partial charge in [0.1, 0.15) is 0 Å². The standard InChI is InChI=1S/C18H16N2O4.2C10H8N2.2F6P.Ru/c1-3-23-17(21)14(18(22)24-4-2)13-11-7-5-9-19-15(11)16-12(13)8-6-10-20-16;2*1-3-7-11-9(5-1)10-6-2-4-8-12-10;2*1-7(2,3,4,5)6;/h5-10H,3-4H2,1-2H3;2*1-8H;;;/q;;;2*-1;+2. The predicted octanol–water partition coefficient (Wildman–Crippen LogP) is 13.4. The van der Waals surface area contributed by atoms with Crippen molar-refractivity contribution in [2.75, 3.05) is 13.2 Å². The van der Waals surface area contributed by atoms with E-state index in [0.29, 0.717) is 28.1 Å². The summed E-state index contributed by atoms with van der Waals surface area (Å²) in [6, 6.07) is 30.3. The number of aromatic nitrogens is 6. The van der Waals surface area contributed by atoms with Crippen molar-refractivity contribution in [2.24, 2.45) is 0 Å². The zero-order chi connectivity index (χ0) is 46.4. The van der Waals surface area contributed by atoms with Crippen molar-refractivity contribution in [3.63, 3.8) is 0 Å². The molecule has 1 aliphatic rings. The molecular weight excluding hydrogens is 995 g/mol. The van der Waals surface area contributed by atoms with Crippen LogP contribution in [0.1, 0.15) is 25.0 Å². The Hall–Kier alpha value is -5.78. The molecule has 7 rings (SSSR count). The van der Waals surface area contributed by atoms with Gasteiger partial charge >= 0.3 is 97.4 Å². The largest absolute Gasteiger partial charge is 2.00 e. The van der Waals surface area contributed by atoms with Gasteiger partial charge in [-0.05, 0) is 74.5 Å². The van der Waals surface area contributed by atoms with Crippen LogP contribution < -0.4 is 0 Å². The summed E-state index contributed by atoms with van der Waals surface area (Å²) in [7, 11) is -21.3. The van der Waals surface area contributed by atoms with Gasteiger partial charge in [-0.1, -0.05) is 36.4 Å². The van der Waals surface area contributed by atoms with E-state index in [2.05, 4.69) is 29.9 Å². The fraction of sp³-hybridized carbons (Fsp3) is 0.105. The van der Waals surface area contributed by atoms with Crippen LogP contribution in [0.3, 0.4) is 0 Å². The maximum atomic E-state index is 12.4. The number of esters is 2. The second kappa shape index (κ2) is 20.2. The summed E-state index contributed by atoms with van der Waals surface area (Å²) in [6.45, 7) is 3.69. The normalized spacial score (nSPS) is 13.2. The van der Waals surface area contributed by atoms with Gasteiger partial charge in [0, 0.05) is 53.9 Å². The van der Waals surface area contributed by atoms with Crippen molar-refractivity contribution < 1.29 is 88.9 Å². The molecule has 1 aliphatic carbocycles. The number of pyridine rings is 6. The Balaban J connectivity index is 0.000000297. The Kier molecular flexibility index (Phi) is 17.1. The fourth-order valence-electron chi connectivity index (χ4n) is 4.76. The first kappa shape index (κ1) is 53.4. The molecule has 0 N–H and O–H groups in total. The maximum absolute atomic E-state index is 12.4. The van der Waals surface area contributed by atoms with Crippen LogP contribution >= 0.6 is 15.6 Å². The van der Waals surface area contributed by atoms with Gasteiger partial charge in [0.15, 0.2) is 5.57 Å². The molecule has 0 atom stereocenters. The summed E-state index contributed by atoms with van der Waals surface area (Å²) in [6.07, 6.45) is 10.4. The molecule has 0 aromatic carbocycles. The number of carbonyl (C=O) groups is 2. The van der Waals surface area contributed by atoms with Crippen molar-refractivity contribution in [1.82, 2.24) is 29.9 Å². The van der Waals surface area contributed by atoms with Gasteiger partial charge < -0.3 is 9.47 Å². The van der Waals surface area contributed by atoms with Crippen molar-refractivity contribution in [2.45, 2.75) is 13.8 Å². The van der Waals surface area contributed by atoms with Crippen molar-refractivity contribution >= 4 is 33.1 Å². The fourth-order valence-corrected chi connectivity index (χ4v) is 4.76. The van der Waals surface area contributed by atoms with E-state index in [-0.39, 0.29) is 38.3 Å². The van der Waals surface area contributed by atoms with Crippen molar-refractivity contribution in [1.29, 1.82) is 0 Å². The van der Waals surface area contributed by atoms with Gasteiger partial charge in [-0.25, -0.2) is 9.59 Å². The number of nitrogens with zero attached hydrogens (tertiary/aromatic N) is 6. The third-order valence-corrected chi connectivity index (χ3v) is 6.77. The van der Waals surface area contributed by atoms with E-state index in [4.69, 9.17) is 9.47 Å². The average Bonchev–Trinajstić information content (AvgIpc) is 3.52. The van der Waals surface area contributed by atoms with Crippen LogP contribution in [0.2, 0.25) is 0 Å². The molecule has 0 amide bonds. The van der Waals surface area contributed by atoms with Gasteiger partial charge in [0.2, 0.25) is 0 Å². The molecule has 6 aromatic rings. The van der Waals surface area contributed by atoms with Gasteiger partial charge in [-0.3, -0.25) is 29.9 Å². The molecule has 0 fully saturated rings. The maximum Gasteiger partial charge on any atom is 2.00 e. The van der Waals surface area contributed by atoms with Gasteiger partial charge in [0.25, 0.3) is 0 Å². The molecule has 0 aliphatic heterocycles. The van der Waals surface area contributed by atoms with E-state index in [1.807, 2.05) is 72.8 Å². The van der Waals surface area contributed by atoms with Crippen LogP contribution in [0.4, 0.5) is 50.4 Å². The predicted molar refractivity (Wildman–Crippen MR) is 209 cm³/mol. The number of ether oxygens (including phenoxy) is 2. The second-order valence-corrected chi connectivity index (χ2v) is 15.6. The molecular formula is C38H32F12N6O4P2Ru. The van der Waals surface area contributed by atoms with Crippen LogP contribution in [-0.2, 0) is 38.5 Å². The first-order valence-corrected chi connectivity index (χ1v) is 21.3. The summed E-state index contributed by atoms with van der Waals surface area (Å²) < 4.78 is 129. The van der Waals surface area contributed by atoms with Crippen molar-refractivity contribution in [3.05, 3.63) is 151 Å². The Labute approximate surface area is 363 Å². The minimum Gasteiger partial charge on any atom is -0.255 e. The molecule has 25 heteroatoms. The van der Waals surface area contributed by atoms with Gasteiger partial charge in [-0.2, -0.15) is 0 Å². The molecule has 6 heterocycles. The van der Waals surface area contributed by atoms with Crippen LogP contribution in [0.5, 0.6) is 0 Å². The molecule has 0 saturated carbocycles. The van der Waals surface area contributed by atoms with Crippen LogP contribution in [-0.4, -0.2) is 55.1 Å². The van der Waals surface area contributed by atoms with E-state index in [1.165, 1.54) is 0 Å². The number of hydrogen-bond acceptors (Lipinski definition) is 10. The molecule has 0 radical (unpaired) electrons. The Morgan fingerprint density at radius 3 is 0.905 bits per heavy atom. The smallest absolute Gasteiger partial charge is 0.255 e. The minimum absolute atomic E-state index is 0. The van der Waals surface area contributed by atoms with Crippen LogP contribution in [0.15, 0.2) is 140 Å². The van der Waals surface area contributed by atoms with E-state index < -0.39 is 27.6 Å². The molecule has 0 saturated heterocycles. The summed E-state index contributed by atoms with van der Waals surface area (Å²) in [4.78, 5) is 50.3. The van der Waals surface area contributed by atoms with Gasteiger partial charge in [-0.15, -0.1) is 0 Å². The molecule has 340 valence electrons. The summed E-state index contributed by atoms with van der Waals surface area (Å²) in [5.74, 6) is -1.42. The number of carbonyl (C=O) groups excluding carboxylic acids is 2. The Morgan fingerprint density at radius 1 is 0.429 bits per heavy atom. The Morgan fingerprint density at radius 2 is 0.683 bits per heavy atom. The first-order chi connectivity index (χ1) is 28.5. The van der Waals surface area contributed by atoms with E-state index >= 15 is 0 Å². The number of rotatable bonds is 6. The summed E-state index contributed by atoms with van der Waals surface area (Å²) in [5, 5.41) is 0. The SMILES string of the molecule is CCOC(=O)C(C(=O)OCC)=C1c2cccnc2-c2ncccc21.F[P-](F)(F)(F)(F)F.F[P-](F)(F)(F)(F)F.[Ru+2].c1ccc(-c2ccccn2)nc1.c1ccc(-c2ccccn2)nc1. The van der Waals surface area contributed by atoms with Crippen LogP contribution in [0, 0.1) is 0 Å². The third-order valence-electron chi connectivity index (χ3n) is 6.77. The Bertz CT molecular complexity index is 2200. The van der Waals surface area contributed by atoms with Crippen molar-refractivity contribution in [3.8, 4) is 34.2 Å². The third kappa shape index (κ3) is 22.2. The van der Waals surface area contributed by atoms with E-state index in [9.17, 15) is 60.0 Å². The average molecular weight is 1030 g/mol. The van der Waals surface area contributed by atoms with Gasteiger partial charge in [0.05, 0.1) is 47.4 Å². The summed E-state index contributed by atoms with van der Waals surface area (Å²) in [5.41, 5.74) is 6.60. The number of halogens is 12. The minimum atomic E-state index is -10.7. The first-order valence-electron chi connectivity index (χ1n) is 17.3. The van der Waals surface area contributed by atoms with E-state index in [0.717, 1.165) is 22.8 Å². The van der Waals surface area contributed by atoms with E-state index in [1.54, 1.807) is 75.3 Å². The second-order valence-electron chi connectivity index (χ2n) is 11.8. The molecule has 0 unspecified atom stereocenters. The summed E-state index contributed by atoms with van der Waals surface area (Å²) >= 11 is 0. The molecule has 6 aromatic heterocycles. The monoisotopic (exact) mass is 1030 g/mol. The molecule has 0 bridgehead atoms. The quantitative estimate of drug-likeness (QED) is 0.0302. The zero-order valence-electron chi connectivity index (χ0n) is 32.2. The number of hydrogen-bond donors (Lipinski definition) is 0. The number of fused-ring (bicyclic) bond motifs is 3. The molecule has 10 nitrogen and oxygen atoms in total. The molecule has 63 heavy (non-hydrogen) atoms. The van der Waals surface area contributed by atoms with Crippen LogP contribution in [0.25, 0.3) is 39.7 Å².